The van der Waals surface area contributed by atoms with Gasteiger partial charge in [0.1, 0.15) is 23.2 Å². The smallest absolute Gasteiger partial charge is 0.273 e. The SMILES string of the molecule is Cc1ccc(-c2ccc(/C=C(/C#N)C(=O)N(C)C)o2)cc1[N+](=O)[O-]. The molecule has 7 heteroatoms. The molecule has 7 nitrogen and oxygen atoms in total. The molecule has 1 heterocycles. The van der Waals surface area contributed by atoms with Gasteiger partial charge in [0.05, 0.1) is 4.92 Å². The molecule has 0 spiro atoms. The first-order chi connectivity index (χ1) is 11.3. The van der Waals surface area contributed by atoms with Gasteiger partial charge in [-0.15, -0.1) is 0 Å². The van der Waals surface area contributed by atoms with E-state index < -0.39 is 10.8 Å². The molecule has 0 atom stereocenters. The molecule has 0 saturated carbocycles. The number of amides is 1. The van der Waals surface area contributed by atoms with E-state index in [9.17, 15) is 14.9 Å². The number of furan rings is 1. The summed E-state index contributed by atoms with van der Waals surface area (Å²) in [4.78, 5) is 23.7. The molecule has 0 radical (unpaired) electrons. The maximum atomic E-state index is 11.8. The lowest BCUT2D eigenvalue weighted by Gasteiger charge is -2.07. The number of nitro groups is 1. The number of carbonyl (C=O) groups is 1. The van der Waals surface area contributed by atoms with Crippen molar-refractivity contribution >= 4 is 17.7 Å². The summed E-state index contributed by atoms with van der Waals surface area (Å²) in [5.74, 6) is 0.306. The van der Waals surface area contributed by atoms with Crippen LogP contribution in [0.5, 0.6) is 0 Å². The monoisotopic (exact) mass is 325 g/mol. The summed E-state index contributed by atoms with van der Waals surface area (Å²) in [7, 11) is 3.10. The first kappa shape index (κ1) is 17.0. The topological polar surface area (TPSA) is 100 Å². The van der Waals surface area contributed by atoms with Crippen LogP contribution >= 0.6 is 0 Å². The zero-order valence-corrected chi connectivity index (χ0v) is 13.4. The fraction of sp³-hybridized carbons (Fsp3) is 0.176. The zero-order chi connectivity index (χ0) is 17.9. The fourth-order valence-electron chi connectivity index (χ4n) is 2.07. The van der Waals surface area contributed by atoms with Gasteiger partial charge in [-0.3, -0.25) is 14.9 Å². The van der Waals surface area contributed by atoms with E-state index in [0.717, 1.165) is 0 Å². The van der Waals surface area contributed by atoms with Crippen molar-refractivity contribution in [2.45, 2.75) is 6.92 Å². The van der Waals surface area contributed by atoms with Gasteiger partial charge in [0.25, 0.3) is 11.6 Å². The molecule has 0 saturated heterocycles. The fourth-order valence-corrected chi connectivity index (χ4v) is 2.07. The van der Waals surface area contributed by atoms with Crippen LogP contribution in [0.1, 0.15) is 11.3 Å². The lowest BCUT2D eigenvalue weighted by atomic mass is 10.1. The largest absolute Gasteiger partial charge is 0.457 e. The van der Waals surface area contributed by atoms with E-state index in [-0.39, 0.29) is 11.3 Å². The van der Waals surface area contributed by atoms with Gasteiger partial charge in [-0.1, -0.05) is 12.1 Å². The molecule has 1 amide bonds. The van der Waals surface area contributed by atoms with Crippen LogP contribution in [0.3, 0.4) is 0 Å². The number of nitro benzene ring substituents is 1. The first-order valence-corrected chi connectivity index (χ1v) is 7.02. The van der Waals surface area contributed by atoms with Gasteiger partial charge < -0.3 is 9.32 Å². The number of aryl methyl sites for hydroxylation is 1. The number of benzene rings is 1. The lowest BCUT2D eigenvalue weighted by Crippen LogP contribution is -2.22. The quantitative estimate of drug-likeness (QED) is 0.372. The molecule has 1 aromatic carbocycles. The lowest BCUT2D eigenvalue weighted by molar-refractivity contribution is -0.385. The van der Waals surface area contributed by atoms with E-state index in [1.165, 1.54) is 17.0 Å². The van der Waals surface area contributed by atoms with Crippen LogP contribution in [0.2, 0.25) is 0 Å². The Morgan fingerprint density at radius 3 is 2.62 bits per heavy atom. The maximum absolute atomic E-state index is 11.8. The summed E-state index contributed by atoms with van der Waals surface area (Å²) in [5.41, 5.74) is 1.04. The van der Waals surface area contributed by atoms with Crippen LogP contribution < -0.4 is 0 Å². The van der Waals surface area contributed by atoms with E-state index in [2.05, 4.69) is 0 Å². The second kappa shape index (κ2) is 6.79. The average Bonchev–Trinajstić information content (AvgIpc) is 3.00. The predicted octanol–water partition coefficient (Wildman–Crippen LogP) is 3.16. The number of hydrogen-bond donors (Lipinski definition) is 0. The Hall–Kier alpha value is -3.40. The van der Waals surface area contributed by atoms with Gasteiger partial charge in [-0.05, 0) is 19.1 Å². The van der Waals surface area contributed by atoms with Gasteiger partial charge in [0.2, 0.25) is 0 Å². The molecular formula is C17H15N3O4. The normalized spacial score (nSPS) is 11.0. The van der Waals surface area contributed by atoms with Gasteiger partial charge in [-0.2, -0.15) is 5.26 Å². The summed E-state index contributed by atoms with van der Waals surface area (Å²) in [6.45, 7) is 1.66. The Morgan fingerprint density at radius 2 is 2.04 bits per heavy atom. The van der Waals surface area contributed by atoms with E-state index >= 15 is 0 Å². The molecule has 0 aliphatic carbocycles. The van der Waals surface area contributed by atoms with Crippen LogP contribution in [0.4, 0.5) is 5.69 Å². The standard InChI is InChI=1S/C17H15N3O4/c1-11-4-5-12(9-15(11)20(22)23)16-7-6-14(24-16)8-13(10-18)17(21)19(2)3/h4-9H,1-3H3/b13-8-. The van der Waals surface area contributed by atoms with Gasteiger partial charge in [0.15, 0.2) is 0 Å². The minimum Gasteiger partial charge on any atom is -0.457 e. The van der Waals surface area contributed by atoms with Crippen molar-refractivity contribution in [3.8, 4) is 17.4 Å². The Labute approximate surface area is 138 Å². The molecular weight excluding hydrogens is 310 g/mol. The second-order valence-corrected chi connectivity index (χ2v) is 5.33. The molecule has 122 valence electrons. The molecule has 24 heavy (non-hydrogen) atoms. The molecule has 0 aliphatic rings. The van der Waals surface area contributed by atoms with Gasteiger partial charge in [0, 0.05) is 37.4 Å². The number of rotatable bonds is 4. The molecule has 0 aliphatic heterocycles. The Bertz CT molecular complexity index is 872. The third-order valence-electron chi connectivity index (χ3n) is 3.36. The molecule has 2 rings (SSSR count). The molecule has 2 aromatic rings. The average molecular weight is 325 g/mol. The molecule has 0 bridgehead atoms. The second-order valence-electron chi connectivity index (χ2n) is 5.33. The van der Waals surface area contributed by atoms with E-state index in [1.807, 2.05) is 6.07 Å². The third kappa shape index (κ3) is 3.50. The van der Waals surface area contributed by atoms with Crippen molar-refractivity contribution in [1.29, 1.82) is 5.26 Å². The molecule has 0 fully saturated rings. The highest BCUT2D eigenvalue weighted by Gasteiger charge is 2.15. The van der Waals surface area contributed by atoms with E-state index in [1.54, 1.807) is 45.3 Å². The van der Waals surface area contributed by atoms with Crippen molar-refractivity contribution in [1.82, 2.24) is 4.90 Å². The number of hydrogen-bond acceptors (Lipinski definition) is 5. The molecule has 0 N–H and O–H groups in total. The Kier molecular flexibility index (Phi) is 4.80. The van der Waals surface area contributed by atoms with Crippen LogP contribution in [0, 0.1) is 28.4 Å². The highest BCUT2D eigenvalue weighted by Crippen LogP contribution is 2.28. The Morgan fingerprint density at radius 1 is 1.33 bits per heavy atom. The predicted molar refractivity (Wildman–Crippen MR) is 87.8 cm³/mol. The molecule has 0 unspecified atom stereocenters. The van der Waals surface area contributed by atoms with Crippen LogP contribution in [0.15, 0.2) is 40.3 Å². The van der Waals surface area contributed by atoms with E-state index in [0.29, 0.717) is 22.6 Å². The highest BCUT2D eigenvalue weighted by atomic mass is 16.6. The maximum Gasteiger partial charge on any atom is 0.273 e. The van der Waals surface area contributed by atoms with Crippen LogP contribution in [-0.4, -0.2) is 29.8 Å². The van der Waals surface area contributed by atoms with Gasteiger partial charge >= 0.3 is 0 Å². The number of likely N-dealkylation sites (N-methyl/N-ethyl adjacent to an activating group) is 1. The Balaban J connectivity index is 2.38. The summed E-state index contributed by atoms with van der Waals surface area (Å²) < 4.78 is 5.59. The van der Waals surface area contributed by atoms with Crippen LogP contribution in [-0.2, 0) is 4.79 Å². The van der Waals surface area contributed by atoms with Gasteiger partial charge in [-0.25, -0.2) is 0 Å². The minimum absolute atomic E-state index is 0.00138. The van der Waals surface area contributed by atoms with Crippen molar-refractivity contribution in [3.05, 3.63) is 57.3 Å². The first-order valence-electron chi connectivity index (χ1n) is 7.02. The number of nitrogens with zero attached hydrogens (tertiary/aromatic N) is 3. The summed E-state index contributed by atoms with van der Waals surface area (Å²) in [6.07, 6.45) is 1.34. The summed E-state index contributed by atoms with van der Waals surface area (Å²) in [6, 6.07) is 9.85. The number of carbonyl (C=O) groups excluding carboxylic acids is 1. The third-order valence-corrected chi connectivity index (χ3v) is 3.36. The molecule has 1 aromatic heterocycles. The van der Waals surface area contributed by atoms with Crippen molar-refractivity contribution < 1.29 is 14.1 Å². The van der Waals surface area contributed by atoms with Crippen molar-refractivity contribution in [2.75, 3.05) is 14.1 Å². The zero-order valence-electron chi connectivity index (χ0n) is 13.4. The van der Waals surface area contributed by atoms with Crippen molar-refractivity contribution in [3.63, 3.8) is 0 Å². The summed E-state index contributed by atoms with van der Waals surface area (Å²) in [5, 5.41) is 20.1. The number of nitriles is 1. The highest BCUT2D eigenvalue weighted by molar-refractivity contribution is 6.01. The van der Waals surface area contributed by atoms with Crippen molar-refractivity contribution in [2.24, 2.45) is 0 Å². The van der Waals surface area contributed by atoms with Crippen LogP contribution in [0.25, 0.3) is 17.4 Å². The minimum atomic E-state index is -0.452. The van der Waals surface area contributed by atoms with E-state index in [4.69, 9.17) is 9.68 Å². The summed E-state index contributed by atoms with van der Waals surface area (Å²) >= 11 is 0.